The molecule has 0 spiro atoms. The number of rotatable bonds is 8. The Kier molecular flexibility index (Phi) is 7.92. The molecule has 6 nitrogen and oxygen atoms in total. The van der Waals surface area contributed by atoms with Crippen LogP contribution < -0.4 is 5.90 Å². The molecule has 0 aromatic rings. The molecule has 0 saturated carbocycles. The molecule has 3 N–H and O–H groups in total. The summed E-state index contributed by atoms with van der Waals surface area (Å²) in [4.78, 5) is 14.2. The highest BCUT2D eigenvalue weighted by atomic mass is 16.6. The van der Waals surface area contributed by atoms with Gasteiger partial charge in [-0.3, -0.25) is 0 Å². The van der Waals surface area contributed by atoms with E-state index in [4.69, 9.17) is 15.7 Å². The lowest BCUT2D eigenvalue weighted by molar-refractivity contribution is -0.142. The predicted octanol–water partition coefficient (Wildman–Crippen LogP) is -1.01. The largest absolute Gasteiger partial charge is 0.480 e. The van der Waals surface area contributed by atoms with Crippen LogP contribution in [0.2, 0.25) is 0 Å². The summed E-state index contributed by atoms with van der Waals surface area (Å²) in [5, 5.41) is 8.15. The number of hydrogen-bond donors (Lipinski definition) is 2. The lowest BCUT2D eigenvalue weighted by atomic mass is 10.7. The smallest absolute Gasteiger partial charge is 0.329 e. The number of aliphatic carboxylic acids is 1. The fourth-order valence-electron chi connectivity index (χ4n) is 0.486. The zero-order valence-corrected chi connectivity index (χ0v) is 6.69. The van der Waals surface area contributed by atoms with Crippen molar-refractivity contribution >= 4 is 5.97 Å². The fraction of sp³-hybridized carbons (Fsp3) is 0.833. The van der Waals surface area contributed by atoms with Crippen LogP contribution in [0.25, 0.3) is 0 Å². The minimum Gasteiger partial charge on any atom is -0.480 e. The van der Waals surface area contributed by atoms with E-state index in [2.05, 4.69) is 9.57 Å². The first-order chi connectivity index (χ1) is 5.77. The van der Waals surface area contributed by atoms with Gasteiger partial charge in [-0.1, -0.05) is 0 Å². The van der Waals surface area contributed by atoms with Crippen LogP contribution in [0.3, 0.4) is 0 Å². The minimum absolute atomic E-state index is 0.261. The van der Waals surface area contributed by atoms with Gasteiger partial charge in [0.1, 0.15) is 6.61 Å². The molecule has 0 aliphatic carbocycles. The Labute approximate surface area is 70.2 Å². The first kappa shape index (κ1) is 11.3. The van der Waals surface area contributed by atoms with Gasteiger partial charge in [-0.25, -0.2) is 10.7 Å². The summed E-state index contributed by atoms with van der Waals surface area (Å²) in [6.07, 6.45) is 0. The molecule has 0 heterocycles. The van der Waals surface area contributed by atoms with Crippen molar-refractivity contribution in [2.24, 2.45) is 5.90 Å². The van der Waals surface area contributed by atoms with Crippen molar-refractivity contribution < 1.29 is 24.2 Å². The molecule has 0 saturated heterocycles. The monoisotopic (exact) mass is 179 g/mol. The highest BCUT2D eigenvalue weighted by Crippen LogP contribution is 1.78. The SMILES string of the molecule is NOCCOCCOCC(=O)O. The highest BCUT2D eigenvalue weighted by Gasteiger charge is 1.95. The molecule has 0 aliphatic heterocycles. The number of carbonyl (C=O) groups is 1. The van der Waals surface area contributed by atoms with Crippen molar-refractivity contribution in [1.29, 1.82) is 0 Å². The first-order valence-corrected chi connectivity index (χ1v) is 3.46. The van der Waals surface area contributed by atoms with Gasteiger partial charge in [0, 0.05) is 0 Å². The second-order valence-electron chi connectivity index (χ2n) is 1.93. The summed E-state index contributed by atoms with van der Waals surface area (Å²) in [6, 6.07) is 0. The summed E-state index contributed by atoms with van der Waals surface area (Å²) >= 11 is 0. The Morgan fingerprint density at radius 2 is 1.75 bits per heavy atom. The third-order valence-corrected chi connectivity index (χ3v) is 0.943. The predicted molar refractivity (Wildman–Crippen MR) is 39.4 cm³/mol. The van der Waals surface area contributed by atoms with E-state index >= 15 is 0 Å². The molecule has 0 aliphatic rings. The topological polar surface area (TPSA) is 91.0 Å². The standard InChI is InChI=1S/C6H13NO5/c7-12-4-3-10-1-2-11-5-6(8)9/h1-5,7H2,(H,8,9). The molecule has 12 heavy (non-hydrogen) atoms. The van der Waals surface area contributed by atoms with Gasteiger partial charge in [0.25, 0.3) is 0 Å². The van der Waals surface area contributed by atoms with Crippen LogP contribution in [0.15, 0.2) is 0 Å². The maximum absolute atomic E-state index is 9.93. The molecule has 6 heteroatoms. The van der Waals surface area contributed by atoms with Gasteiger partial charge in [0.2, 0.25) is 0 Å². The van der Waals surface area contributed by atoms with Crippen LogP contribution in [0, 0.1) is 0 Å². The van der Waals surface area contributed by atoms with Crippen LogP contribution in [0.4, 0.5) is 0 Å². The average Bonchev–Trinajstić information content (AvgIpc) is 2.02. The van der Waals surface area contributed by atoms with Gasteiger partial charge in [-0.05, 0) is 0 Å². The number of carboxylic acids is 1. The summed E-state index contributed by atoms with van der Waals surface area (Å²) in [7, 11) is 0. The van der Waals surface area contributed by atoms with Gasteiger partial charge in [0.05, 0.1) is 26.4 Å². The van der Waals surface area contributed by atoms with E-state index in [1.807, 2.05) is 0 Å². The molecular formula is C6H13NO5. The minimum atomic E-state index is -0.986. The number of ether oxygens (including phenoxy) is 2. The van der Waals surface area contributed by atoms with Gasteiger partial charge in [-0.2, -0.15) is 0 Å². The van der Waals surface area contributed by atoms with Gasteiger partial charge in [0.15, 0.2) is 0 Å². The van der Waals surface area contributed by atoms with Crippen LogP contribution in [-0.4, -0.2) is 44.1 Å². The molecule has 0 atom stereocenters. The van der Waals surface area contributed by atoms with Gasteiger partial charge < -0.3 is 19.4 Å². The molecule has 0 bridgehead atoms. The fourth-order valence-corrected chi connectivity index (χ4v) is 0.486. The van der Waals surface area contributed by atoms with E-state index in [9.17, 15) is 4.79 Å². The molecule has 0 rings (SSSR count). The van der Waals surface area contributed by atoms with Crippen molar-refractivity contribution in [3.63, 3.8) is 0 Å². The van der Waals surface area contributed by atoms with Crippen molar-refractivity contribution in [1.82, 2.24) is 0 Å². The molecule has 0 aromatic carbocycles. The summed E-state index contributed by atoms with van der Waals surface area (Å²) in [6.45, 7) is 1.01. The Balaban J connectivity index is 2.86. The number of nitrogens with two attached hydrogens (primary N) is 1. The summed E-state index contributed by atoms with van der Waals surface area (Å²) in [5.74, 6) is 3.73. The molecule has 0 fully saturated rings. The Bertz CT molecular complexity index is 119. The second kappa shape index (κ2) is 8.41. The van der Waals surface area contributed by atoms with E-state index in [1.165, 1.54) is 0 Å². The van der Waals surface area contributed by atoms with E-state index in [1.54, 1.807) is 0 Å². The first-order valence-electron chi connectivity index (χ1n) is 3.46. The number of carboxylic acid groups (broad SMARTS) is 1. The number of hydrogen-bond acceptors (Lipinski definition) is 5. The van der Waals surface area contributed by atoms with E-state index in [0.29, 0.717) is 19.8 Å². The van der Waals surface area contributed by atoms with Crippen molar-refractivity contribution in [2.75, 3.05) is 33.0 Å². The zero-order valence-electron chi connectivity index (χ0n) is 6.69. The lowest BCUT2D eigenvalue weighted by Crippen LogP contribution is -2.14. The van der Waals surface area contributed by atoms with E-state index in [0.717, 1.165) is 0 Å². The summed E-state index contributed by atoms with van der Waals surface area (Å²) in [5.41, 5.74) is 0. The van der Waals surface area contributed by atoms with E-state index < -0.39 is 5.97 Å². The zero-order chi connectivity index (χ0) is 9.23. The third kappa shape index (κ3) is 9.31. The highest BCUT2D eigenvalue weighted by molar-refractivity contribution is 5.67. The lowest BCUT2D eigenvalue weighted by Gasteiger charge is -2.02. The molecule has 0 unspecified atom stereocenters. The summed E-state index contributed by atoms with van der Waals surface area (Å²) < 4.78 is 9.61. The van der Waals surface area contributed by atoms with Crippen molar-refractivity contribution in [3.05, 3.63) is 0 Å². The van der Waals surface area contributed by atoms with Crippen molar-refractivity contribution in [2.45, 2.75) is 0 Å². The Morgan fingerprint density at radius 3 is 2.33 bits per heavy atom. The molecule has 72 valence electrons. The quantitative estimate of drug-likeness (QED) is 0.366. The molecular weight excluding hydrogens is 166 g/mol. The van der Waals surface area contributed by atoms with Crippen LogP contribution in [-0.2, 0) is 19.1 Å². The second-order valence-corrected chi connectivity index (χ2v) is 1.93. The Morgan fingerprint density at radius 1 is 1.17 bits per heavy atom. The van der Waals surface area contributed by atoms with Crippen LogP contribution in [0.1, 0.15) is 0 Å². The van der Waals surface area contributed by atoms with Crippen molar-refractivity contribution in [3.8, 4) is 0 Å². The third-order valence-electron chi connectivity index (χ3n) is 0.943. The molecule has 0 radical (unpaired) electrons. The average molecular weight is 179 g/mol. The Hall–Kier alpha value is -0.690. The maximum atomic E-state index is 9.93. The van der Waals surface area contributed by atoms with Crippen LogP contribution in [0.5, 0.6) is 0 Å². The van der Waals surface area contributed by atoms with Gasteiger partial charge >= 0.3 is 5.97 Å². The van der Waals surface area contributed by atoms with E-state index in [-0.39, 0.29) is 13.2 Å². The van der Waals surface area contributed by atoms with Crippen LogP contribution >= 0.6 is 0 Å². The molecule has 0 aromatic heterocycles. The molecule has 0 amide bonds. The maximum Gasteiger partial charge on any atom is 0.329 e. The normalized spacial score (nSPS) is 10.1. The van der Waals surface area contributed by atoms with Gasteiger partial charge in [-0.15, -0.1) is 0 Å².